The summed E-state index contributed by atoms with van der Waals surface area (Å²) in [6.07, 6.45) is 1.57. The summed E-state index contributed by atoms with van der Waals surface area (Å²) >= 11 is 0. The third kappa shape index (κ3) is 4.80. The minimum absolute atomic E-state index is 0.106. The van der Waals surface area contributed by atoms with Crippen molar-refractivity contribution in [1.82, 2.24) is 0 Å². The molecule has 146 valence electrons. The van der Waals surface area contributed by atoms with Crippen LogP contribution in [0.5, 0.6) is 17.2 Å². The van der Waals surface area contributed by atoms with Gasteiger partial charge >= 0.3 is 5.97 Å². The molecule has 1 heterocycles. The molecule has 5 heteroatoms. The Labute approximate surface area is 163 Å². The fraction of sp³-hybridized carbons (Fsp3) is 0.304. The van der Waals surface area contributed by atoms with E-state index in [-0.39, 0.29) is 29.0 Å². The molecule has 5 nitrogen and oxygen atoms in total. The summed E-state index contributed by atoms with van der Waals surface area (Å²) in [6, 6.07) is 10.4. The van der Waals surface area contributed by atoms with Gasteiger partial charge in [0.1, 0.15) is 23.3 Å². The predicted octanol–water partition coefficient (Wildman–Crippen LogP) is 5.54. The van der Waals surface area contributed by atoms with Crippen LogP contribution in [0.2, 0.25) is 0 Å². The predicted molar refractivity (Wildman–Crippen MR) is 108 cm³/mol. The first kappa shape index (κ1) is 19.7. The number of fused-ring (bicyclic) bond motifs is 1. The second kappa shape index (κ2) is 7.50. The molecule has 0 unspecified atom stereocenters. The van der Waals surface area contributed by atoms with Crippen LogP contribution in [-0.4, -0.2) is 5.97 Å². The van der Waals surface area contributed by atoms with E-state index >= 15 is 0 Å². The van der Waals surface area contributed by atoms with Gasteiger partial charge in [0, 0.05) is 6.07 Å². The fourth-order valence-corrected chi connectivity index (χ4v) is 2.94. The van der Waals surface area contributed by atoms with Crippen LogP contribution in [0, 0.1) is 19.3 Å². The zero-order chi connectivity index (χ0) is 20.5. The lowest BCUT2D eigenvalue weighted by molar-refractivity contribution is -0.136. The summed E-state index contributed by atoms with van der Waals surface area (Å²) in [5.74, 6) is 0.698. The van der Waals surface area contributed by atoms with Gasteiger partial charge in [0.2, 0.25) is 11.2 Å². The van der Waals surface area contributed by atoms with Crippen molar-refractivity contribution in [2.45, 2.75) is 41.0 Å². The first-order valence-corrected chi connectivity index (χ1v) is 9.13. The Balaban J connectivity index is 1.86. The van der Waals surface area contributed by atoms with Crippen molar-refractivity contribution in [2.24, 2.45) is 5.41 Å². The van der Waals surface area contributed by atoms with Crippen LogP contribution in [0.4, 0.5) is 0 Å². The average Bonchev–Trinajstić information content (AvgIpc) is 2.55. The van der Waals surface area contributed by atoms with Gasteiger partial charge in [0.25, 0.3) is 0 Å². The normalized spacial score (nSPS) is 11.5. The maximum absolute atomic E-state index is 12.7. The van der Waals surface area contributed by atoms with Crippen LogP contribution in [-0.2, 0) is 4.79 Å². The molecule has 1 aromatic heterocycles. The first-order chi connectivity index (χ1) is 13.1. The standard InChI is InChI=1S/C23H24O5/c1-14-8-15(2)10-17(9-14)27-20-13-26-19-11-16(6-7-18(19)22(20)25)28-21(24)12-23(3,4)5/h6-11,13H,12H2,1-5H3. The van der Waals surface area contributed by atoms with Crippen LogP contribution in [0.25, 0.3) is 11.0 Å². The van der Waals surface area contributed by atoms with Crippen molar-refractivity contribution in [1.29, 1.82) is 0 Å². The van der Waals surface area contributed by atoms with Crippen LogP contribution < -0.4 is 14.9 Å². The number of ether oxygens (including phenoxy) is 2. The molecular formula is C23H24O5. The van der Waals surface area contributed by atoms with E-state index in [9.17, 15) is 9.59 Å². The van der Waals surface area contributed by atoms with E-state index in [0.29, 0.717) is 22.5 Å². The van der Waals surface area contributed by atoms with E-state index < -0.39 is 0 Å². The Kier molecular flexibility index (Phi) is 5.27. The monoisotopic (exact) mass is 380 g/mol. The Morgan fingerprint density at radius 3 is 2.32 bits per heavy atom. The zero-order valence-electron chi connectivity index (χ0n) is 16.8. The summed E-state index contributed by atoms with van der Waals surface area (Å²) in [6.45, 7) is 9.82. The highest BCUT2D eigenvalue weighted by Crippen LogP contribution is 2.26. The van der Waals surface area contributed by atoms with Gasteiger partial charge in [-0.15, -0.1) is 0 Å². The van der Waals surface area contributed by atoms with E-state index in [1.807, 2.05) is 52.8 Å². The summed E-state index contributed by atoms with van der Waals surface area (Å²) in [7, 11) is 0. The van der Waals surface area contributed by atoms with Crippen molar-refractivity contribution in [3.63, 3.8) is 0 Å². The highest BCUT2D eigenvalue weighted by molar-refractivity contribution is 5.81. The lowest BCUT2D eigenvalue weighted by Crippen LogP contribution is -2.17. The molecule has 0 amide bonds. The van der Waals surface area contributed by atoms with Gasteiger partial charge < -0.3 is 13.9 Å². The molecule has 3 rings (SSSR count). The molecule has 0 saturated carbocycles. The van der Waals surface area contributed by atoms with E-state index in [4.69, 9.17) is 13.9 Å². The highest BCUT2D eigenvalue weighted by Gasteiger charge is 2.18. The average molecular weight is 380 g/mol. The number of carbonyl (C=O) groups excluding carboxylic acids is 1. The topological polar surface area (TPSA) is 65.7 Å². The van der Waals surface area contributed by atoms with E-state index in [0.717, 1.165) is 11.1 Å². The summed E-state index contributed by atoms with van der Waals surface area (Å²) in [5, 5.41) is 0.359. The molecule has 0 radical (unpaired) electrons. The molecule has 0 saturated heterocycles. The van der Waals surface area contributed by atoms with Crippen LogP contribution in [0.3, 0.4) is 0 Å². The third-order valence-electron chi connectivity index (χ3n) is 4.04. The molecule has 3 aromatic rings. The Morgan fingerprint density at radius 2 is 1.68 bits per heavy atom. The molecule has 0 N–H and O–H groups in total. The second-order valence-corrected chi connectivity index (χ2v) is 8.22. The van der Waals surface area contributed by atoms with Gasteiger partial charge in [0.15, 0.2) is 0 Å². The van der Waals surface area contributed by atoms with Gasteiger partial charge in [-0.1, -0.05) is 26.8 Å². The van der Waals surface area contributed by atoms with Crippen LogP contribution in [0.15, 0.2) is 51.9 Å². The molecule has 0 fully saturated rings. The van der Waals surface area contributed by atoms with Crippen LogP contribution >= 0.6 is 0 Å². The molecular weight excluding hydrogens is 356 g/mol. The number of aryl methyl sites for hydroxylation is 2. The third-order valence-corrected chi connectivity index (χ3v) is 4.04. The molecule has 0 aliphatic heterocycles. The molecule has 2 aromatic carbocycles. The quantitative estimate of drug-likeness (QED) is 0.439. The fourth-order valence-electron chi connectivity index (χ4n) is 2.94. The van der Waals surface area contributed by atoms with E-state index in [1.165, 1.54) is 12.3 Å². The van der Waals surface area contributed by atoms with Gasteiger partial charge in [-0.3, -0.25) is 9.59 Å². The minimum atomic E-state index is -0.330. The van der Waals surface area contributed by atoms with Gasteiger partial charge in [-0.05, 0) is 54.7 Å². The molecule has 0 spiro atoms. The number of esters is 1. The SMILES string of the molecule is Cc1cc(C)cc(Oc2coc3cc(OC(=O)CC(C)(C)C)ccc3c2=O)c1. The van der Waals surface area contributed by atoms with Crippen molar-refractivity contribution in [3.05, 3.63) is 64.0 Å². The van der Waals surface area contributed by atoms with E-state index in [1.54, 1.807) is 12.1 Å². The van der Waals surface area contributed by atoms with Crippen molar-refractivity contribution in [2.75, 3.05) is 0 Å². The van der Waals surface area contributed by atoms with Crippen molar-refractivity contribution in [3.8, 4) is 17.2 Å². The smallest absolute Gasteiger partial charge is 0.311 e. The van der Waals surface area contributed by atoms with Crippen molar-refractivity contribution >= 4 is 16.9 Å². The summed E-state index contributed by atoms with van der Waals surface area (Å²) in [4.78, 5) is 24.7. The zero-order valence-corrected chi connectivity index (χ0v) is 16.8. The highest BCUT2D eigenvalue weighted by atomic mass is 16.5. The molecule has 28 heavy (non-hydrogen) atoms. The summed E-state index contributed by atoms with van der Waals surface area (Å²) < 4.78 is 16.7. The van der Waals surface area contributed by atoms with Crippen molar-refractivity contribution < 1.29 is 18.7 Å². The van der Waals surface area contributed by atoms with Gasteiger partial charge in [-0.2, -0.15) is 0 Å². The minimum Gasteiger partial charge on any atom is -0.460 e. The molecule has 0 bridgehead atoms. The van der Waals surface area contributed by atoms with Crippen LogP contribution in [0.1, 0.15) is 38.3 Å². The lowest BCUT2D eigenvalue weighted by atomic mass is 9.92. The maximum atomic E-state index is 12.7. The van der Waals surface area contributed by atoms with Gasteiger partial charge in [0.05, 0.1) is 11.8 Å². The number of hydrogen-bond donors (Lipinski definition) is 0. The van der Waals surface area contributed by atoms with E-state index in [2.05, 4.69) is 0 Å². The first-order valence-electron chi connectivity index (χ1n) is 9.13. The molecule has 0 aliphatic carbocycles. The maximum Gasteiger partial charge on any atom is 0.311 e. The Hall–Kier alpha value is -3.08. The number of rotatable bonds is 4. The molecule has 0 atom stereocenters. The Morgan fingerprint density at radius 1 is 1.00 bits per heavy atom. The molecule has 0 aliphatic rings. The second-order valence-electron chi connectivity index (χ2n) is 8.22. The largest absolute Gasteiger partial charge is 0.460 e. The number of benzene rings is 2. The Bertz CT molecular complexity index is 1070. The summed E-state index contributed by atoms with van der Waals surface area (Å²) in [5.41, 5.74) is 1.97. The number of carbonyl (C=O) groups is 1. The number of hydrogen-bond acceptors (Lipinski definition) is 5. The lowest BCUT2D eigenvalue weighted by Gasteiger charge is -2.16. The van der Waals surface area contributed by atoms with Gasteiger partial charge in [-0.25, -0.2) is 0 Å².